The summed E-state index contributed by atoms with van der Waals surface area (Å²) < 4.78 is 30.2. The zero-order valence-corrected chi connectivity index (χ0v) is 49.1. The van der Waals surface area contributed by atoms with Crippen molar-refractivity contribution in [2.75, 3.05) is 33.9 Å². The number of fused-ring (bicyclic) bond motifs is 6. The van der Waals surface area contributed by atoms with Gasteiger partial charge in [0.25, 0.3) is 5.91 Å². The van der Waals surface area contributed by atoms with Crippen LogP contribution < -0.4 is 10.7 Å². The molecule has 4 aliphatic heterocycles. The van der Waals surface area contributed by atoms with E-state index >= 15 is 9.59 Å². The maximum atomic E-state index is 15.3. The number of hydrogen-bond donors (Lipinski definition) is 2. The van der Waals surface area contributed by atoms with E-state index in [-0.39, 0.29) is 48.8 Å². The van der Waals surface area contributed by atoms with Gasteiger partial charge in [-0.15, -0.1) is 4.31 Å². The highest BCUT2D eigenvalue weighted by molar-refractivity contribution is 7.89. The molecule has 430 valence electrons. The molecule has 3 aromatic carbocycles. The van der Waals surface area contributed by atoms with E-state index in [0.29, 0.717) is 56.1 Å². The van der Waals surface area contributed by atoms with Gasteiger partial charge in [-0.05, 0) is 150 Å². The number of pyridine rings is 1. The van der Waals surface area contributed by atoms with Crippen LogP contribution in [0.2, 0.25) is 0 Å². The van der Waals surface area contributed by atoms with Crippen LogP contribution in [0.25, 0.3) is 33.3 Å². The van der Waals surface area contributed by atoms with Crippen molar-refractivity contribution in [2.24, 2.45) is 23.2 Å². The lowest BCUT2D eigenvalue weighted by atomic mass is 9.84. The van der Waals surface area contributed by atoms with Crippen molar-refractivity contribution in [1.29, 1.82) is 0 Å². The molecule has 1 unspecified atom stereocenters. The first kappa shape index (κ1) is 56.7. The lowest BCUT2D eigenvalue weighted by Crippen LogP contribution is -2.62. The summed E-state index contributed by atoms with van der Waals surface area (Å²) in [5.74, 6) is -1.92. The van der Waals surface area contributed by atoms with Crippen molar-refractivity contribution in [3.05, 3.63) is 107 Å². The van der Waals surface area contributed by atoms with Gasteiger partial charge in [0.2, 0.25) is 17.7 Å². The number of aromatic nitrogens is 2. The van der Waals surface area contributed by atoms with E-state index in [4.69, 9.17) is 14.5 Å². The summed E-state index contributed by atoms with van der Waals surface area (Å²) in [6.45, 7) is 13.8. The van der Waals surface area contributed by atoms with Crippen molar-refractivity contribution in [3.8, 4) is 22.4 Å². The molecule has 0 spiro atoms. The Bertz CT molecular complexity index is 3190. The second-order valence-electron chi connectivity index (χ2n) is 24.6. The standard InChI is InChI=1S/C64H80N8O8S/c1-9-69-53-28-25-45-35-49(53)50(57(69)48-19-13-30-65-54(48)40(4)79-8)36-64(5,6)37-80-63(77)51-20-14-31-71(67-51)61(75)52(34-41-15-12-18-44(45)33-41)66-59(73)56(42-16-10-11-17-42)68(7)60(74)47-29-32-70(39(47)3)62(76)58-55(43-23-24-43)72(58)81(78)46-26-21-38(2)22-27-46/h12-13,15,18-19,21-22,25-28,30,33,35,39-40,42-43,47,51-52,55-56,58,67H,9-11,14,16-17,20,23-24,29,31-32,34,36-37H2,1-8H3,(H,66,73)/t39-,40-,47+,51-,52-,55+,56-,58+,72?,81+/m0/s1. The summed E-state index contributed by atoms with van der Waals surface area (Å²) in [5.41, 5.74) is 11.6. The monoisotopic (exact) mass is 1120 g/mol. The number of esters is 1. The summed E-state index contributed by atoms with van der Waals surface area (Å²) in [7, 11) is 3.40. The molecule has 81 heavy (non-hydrogen) atoms. The van der Waals surface area contributed by atoms with E-state index < -0.39 is 64.8 Å². The Morgan fingerprint density at radius 2 is 1.70 bits per heavy atom. The van der Waals surface area contributed by atoms with Gasteiger partial charge >= 0.3 is 5.97 Å². The number of carbonyl (C=O) groups excluding carboxylic acids is 5. The minimum absolute atomic E-state index is 0.0930. The first-order valence-corrected chi connectivity index (χ1v) is 30.7. The molecular weight excluding hydrogens is 1040 g/mol. The van der Waals surface area contributed by atoms with Crippen LogP contribution >= 0.6 is 0 Å². The zero-order valence-electron chi connectivity index (χ0n) is 48.3. The molecule has 5 fully saturated rings. The number of hydrazine groups is 1. The highest BCUT2D eigenvalue weighted by Crippen LogP contribution is 2.51. The molecule has 4 amide bonds. The van der Waals surface area contributed by atoms with Crippen LogP contribution in [0.3, 0.4) is 0 Å². The molecule has 6 heterocycles. The number of amides is 4. The molecular formula is C64H80N8O8S. The number of likely N-dealkylation sites (N-methyl/N-ethyl adjacent to an activating group) is 1. The number of nitrogens with one attached hydrogen (secondary N) is 2. The number of cyclic esters (lactones) is 1. The van der Waals surface area contributed by atoms with E-state index in [9.17, 15) is 18.9 Å². The third-order valence-electron chi connectivity index (χ3n) is 18.4. The topological polar surface area (TPSA) is 181 Å². The van der Waals surface area contributed by atoms with Gasteiger partial charge in [0.15, 0.2) is 10.9 Å². The maximum absolute atomic E-state index is 15.3. The van der Waals surface area contributed by atoms with Gasteiger partial charge in [-0.1, -0.05) is 74.7 Å². The Morgan fingerprint density at radius 1 is 0.951 bits per heavy atom. The van der Waals surface area contributed by atoms with Crippen LogP contribution in [0, 0.1) is 30.1 Å². The molecule has 11 rings (SSSR count). The fourth-order valence-electron chi connectivity index (χ4n) is 13.7. The van der Waals surface area contributed by atoms with Crippen LogP contribution in [-0.2, 0) is 64.2 Å². The quantitative estimate of drug-likeness (QED) is 0.0656. The van der Waals surface area contributed by atoms with Gasteiger partial charge in [-0.25, -0.2) is 5.43 Å². The van der Waals surface area contributed by atoms with Crippen LogP contribution in [-0.4, -0.2) is 133 Å². The molecule has 0 radical (unpaired) electrons. The molecule has 16 nitrogen and oxygen atoms in total. The number of ether oxygens (including phenoxy) is 2. The number of hydrogen-bond acceptors (Lipinski definition) is 11. The normalized spacial score (nSPS) is 26.2. The van der Waals surface area contributed by atoms with Crippen LogP contribution in [0.5, 0.6) is 0 Å². The lowest BCUT2D eigenvalue weighted by molar-refractivity contribution is -0.155. The van der Waals surface area contributed by atoms with Gasteiger partial charge in [0.05, 0.1) is 47.4 Å². The minimum Gasteiger partial charge on any atom is -0.593 e. The minimum atomic E-state index is -1.49. The Hall–Kier alpha value is -6.11. The van der Waals surface area contributed by atoms with Gasteiger partial charge in [-0.3, -0.25) is 34.0 Å². The number of benzene rings is 3. The summed E-state index contributed by atoms with van der Waals surface area (Å²) in [4.78, 5) is 83.0. The van der Waals surface area contributed by atoms with Crippen molar-refractivity contribution in [2.45, 2.75) is 166 Å². The van der Waals surface area contributed by atoms with E-state index in [1.807, 2.05) is 67.5 Å². The second-order valence-corrected chi connectivity index (χ2v) is 26.0. The van der Waals surface area contributed by atoms with Gasteiger partial charge < -0.3 is 33.7 Å². The average Bonchev–Trinajstić information content (AvgIpc) is 3.68. The molecule has 2 N–H and O–H groups in total. The highest BCUT2D eigenvalue weighted by Gasteiger charge is 2.67. The Morgan fingerprint density at radius 3 is 2.43 bits per heavy atom. The number of likely N-dealkylation sites (tertiary alicyclic amines) is 1. The zero-order chi connectivity index (χ0) is 57.0. The third kappa shape index (κ3) is 11.3. The number of rotatable bonds is 13. The van der Waals surface area contributed by atoms with E-state index in [0.717, 1.165) is 94.2 Å². The van der Waals surface area contributed by atoms with Crippen molar-refractivity contribution >= 4 is 51.9 Å². The first-order valence-electron chi connectivity index (χ1n) is 29.6. The molecule has 17 heteroatoms. The van der Waals surface area contributed by atoms with E-state index in [2.05, 4.69) is 72.5 Å². The fourth-order valence-corrected chi connectivity index (χ4v) is 15.2. The lowest BCUT2D eigenvalue weighted by Gasteiger charge is -2.37. The molecule has 2 aliphatic carbocycles. The number of carbonyl (C=O) groups is 5. The maximum Gasteiger partial charge on any atom is 0.324 e. The smallest absolute Gasteiger partial charge is 0.324 e. The molecule has 2 aromatic heterocycles. The fraction of sp³-hybridized carbons (Fsp3) is 0.531. The summed E-state index contributed by atoms with van der Waals surface area (Å²) in [6, 6.07) is 22.6. The van der Waals surface area contributed by atoms with Gasteiger partial charge in [0.1, 0.15) is 18.1 Å². The number of aryl methyl sites for hydroxylation is 2. The third-order valence-corrected chi connectivity index (χ3v) is 20.0. The summed E-state index contributed by atoms with van der Waals surface area (Å²) >= 11 is -1.49. The van der Waals surface area contributed by atoms with Crippen LogP contribution in [0.1, 0.15) is 121 Å². The molecule has 6 aliphatic rings. The Labute approximate surface area is 479 Å². The van der Waals surface area contributed by atoms with Crippen molar-refractivity contribution in [3.63, 3.8) is 0 Å². The molecule has 2 saturated carbocycles. The van der Waals surface area contributed by atoms with E-state index in [1.165, 1.54) is 5.01 Å². The van der Waals surface area contributed by atoms with Crippen molar-refractivity contribution in [1.82, 2.24) is 39.4 Å². The van der Waals surface area contributed by atoms with Crippen LogP contribution in [0.15, 0.2) is 90.0 Å². The number of methoxy groups -OCH3 is 1. The Balaban J connectivity index is 0.887. The summed E-state index contributed by atoms with van der Waals surface area (Å²) in [6.07, 6.45) is 9.04. The molecule has 10 atom stereocenters. The second kappa shape index (κ2) is 23.3. The van der Waals surface area contributed by atoms with Crippen molar-refractivity contribution < 1.29 is 38.0 Å². The van der Waals surface area contributed by atoms with Gasteiger partial charge in [-0.2, -0.15) is 0 Å². The predicted octanol–water partition coefficient (Wildman–Crippen LogP) is 8.49. The Kier molecular flexibility index (Phi) is 16.3. The van der Waals surface area contributed by atoms with E-state index in [1.54, 1.807) is 30.2 Å². The van der Waals surface area contributed by atoms with Crippen LogP contribution in [0.4, 0.5) is 0 Å². The van der Waals surface area contributed by atoms with Gasteiger partial charge in [0, 0.05) is 74.3 Å². The molecule has 5 aromatic rings. The summed E-state index contributed by atoms with van der Waals surface area (Å²) in [5, 5.41) is 5.76. The SMILES string of the molecule is CCn1c(-c2cccnc2[C@H](C)OC)c2c3cc(ccc31)-c1cccc(c1)C[C@H](NC(=O)[C@H](C1CCCC1)N(C)C(=O)[C@@H]1CCN(C(=O)[C@H]3[C@@H](C4CC4)N3[S@+]([O-])c3ccc(C)cc3)[C@H]1C)C(=O)N1CCC[C@H](N1)C(=O)OCC(C)(C)C2. The number of nitrogens with zero attached hydrogens (tertiary/aromatic N) is 6. The predicted molar refractivity (Wildman–Crippen MR) is 311 cm³/mol. The highest BCUT2D eigenvalue weighted by atomic mass is 32.2. The first-order chi connectivity index (χ1) is 39.0. The molecule has 3 saturated heterocycles. The average molecular weight is 1120 g/mol. The largest absolute Gasteiger partial charge is 0.593 e. The molecule has 6 bridgehead atoms.